The molecule has 1 unspecified atom stereocenters. The van der Waals surface area contributed by atoms with Crippen LogP contribution in [-0.4, -0.2) is 47.8 Å². The van der Waals surface area contributed by atoms with Gasteiger partial charge in [-0.15, -0.1) is 0 Å². The first-order valence-corrected chi connectivity index (χ1v) is 8.45. The highest BCUT2D eigenvalue weighted by atomic mass is 16.6. The molecule has 0 N–H and O–H groups in total. The van der Waals surface area contributed by atoms with E-state index in [2.05, 4.69) is 9.88 Å². The second-order valence-electron chi connectivity index (χ2n) is 6.98. The van der Waals surface area contributed by atoms with E-state index >= 15 is 0 Å². The molecule has 0 saturated carbocycles. The van der Waals surface area contributed by atoms with Gasteiger partial charge in [0.2, 0.25) is 5.88 Å². The number of hydrogen-bond donors (Lipinski definition) is 0. The van der Waals surface area contributed by atoms with Crippen molar-refractivity contribution in [1.82, 2.24) is 9.88 Å². The van der Waals surface area contributed by atoms with Gasteiger partial charge in [-0.05, 0) is 43.6 Å². The molecule has 4 saturated heterocycles. The van der Waals surface area contributed by atoms with Gasteiger partial charge in [-0.1, -0.05) is 0 Å². The Hall–Kier alpha value is -2.34. The van der Waals surface area contributed by atoms with Crippen molar-refractivity contribution in [3.05, 3.63) is 36.9 Å². The van der Waals surface area contributed by atoms with E-state index in [-0.39, 0.29) is 11.7 Å². The first-order chi connectivity index (χ1) is 11.7. The smallest absolute Gasteiger partial charge is 0.417 e. The Morgan fingerprint density at radius 2 is 1.92 bits per heavy atom. The number of amides is 1. The molecule has 2 aromatic rings. The summed E-state index contributed by atoms with van der Waals surface area (Å²) >= 11 is 0. The van der Waals surface area contributed by atoms with E-state index < -0.39 is 0 Å². The minimum absolute atomic E-state index is 0.292. The fourth-order valence-electron chi connectivity index (χ4n) is 4.34. The molecule has 6 heteroatoms. The average Bonchev–Trinajstić information content (AvgIpc) is 3.22. The fraction of sp³-hybridized carbons (Fsp3) is 0.444. The number of furan rings is 1. The Morgan fingerprint density at radius 1 is 1.12 bits per heavy atom. The van der Waals surface area contributed by atoms with Crippen molar-refractivity contribution < 1.29 is 13.9 Å². The van der Waals surface area contributed by atoms with Crippen molar-refractivity contribution in [2.45, 2.75) is 18.4 Å². The molecule has 0 aromatic carbocycles. The molecule has 0 radical (unpaired) electrons. The van der Waals surface area contributed by atoms with Crippen molar-refractivity contribution >= 4 is 12.0 Å². The average molecular weight is 325 g/mol. The lowest BCUT2D eigenvalue weighted by atomic mass is 9.75. The van der Waals surface area contributed by atoms with Crippen LogP contribution in [0.25, 0.3) is 11.1 Å². The molecule has 2 aromatic heterocycles. The van der Waals surface area contributed by atoms with Gasteiger partial charge in [-0.2, -0.15) is 0 Å². The summed E-state index contributed by atoms with van der Waals surface area (Å²) in [6, 6.07) is 5.74. The third-order valence-corrected chi connectivity index (χ3v) is 5.62. The second kappa shape index (κ2) is 5.08. The predicted octanol–water partition coefficient (Wildman–Crippen LogP) is 2.76. The number of fused-ring (bicyclic) bond motifs is 2. The molecule has 1 spiro atoms. The number of pyridine rings is 1. The normalized spacial score (nSPS) is 31.7. The molecule has 124 valence electrons. The van der Waals surface area contributed by atoms with Crippen molar-refractivity contribution in [1.29, 1.82) is 0 Å². The summed E-state index contributed by atoms with van der Waals surface area (Å²) in [7, 11) is 0. The highest BCUT2D eigenvalue weighted by Crippen LogP contribution is 2.43. The van der Waals surface area contributed by atoms with Gasteiger partial charge in [0.05, 0.1) is 6.54 Å². The number of carbonyl (C=O) groups is 1. The molecule has 4 aliphatic heterocycles. The lowest BCUT2D eigenvalue weighted by Gasteiger charge is -2.49. The van der Waals surface area contributed by atoms with E-state index in [0.29, 0.717) is 18.3 Å². The maximum atomic E-state index is 12.5. The Morgan fingerprint density at radius 3 is 2.62 bits per heavy atom. The lowest BCUT2D eigenvalue weighted by molar-refractivity contribution is -0.0881. The van der Waals surface area contributed by atoms with Crippen LogP contribution in [0.1, 0.15) is 12.8 Å². The summed E-state index contributed by atoms with van der Waals surface area (Å²) in [4.78, 5) is 20.6. The van der Waals surface area contributed by atoms with Crippen LogP contribution >= 0.6 is 0 Å². The van der Waals surface area contributed by atoms with Crippen LogP contribution in [0.2, 0.25) is 0 Å². The number of nitrogens with zero attached hydrogens (tertiary/aromatic N) is 3. The Labute approximate surface area is 140 Å². The first-order valence-electron chi connectivity index (χ1n) is 8.45. The maximum Gasteiger partial charge on any atom is 0.417 e. The summed E-state index contributed by atoms with van der Waals surface area (Å²) < 4.78 is 11.6. The zero-order valence-electron chi connectivity index (χ0n) is 13.4. The van der Waals surface area contributed by atoms with E-state index in [1.54, 1.807) is 23.6 Å². The lowest BCUT2D eigenvalue weighted by Crippen LogP contribution is -2.61. The van der Waals surface area contributed by atoms with Crippen molar-refractivity contribution in [3.63, 3.8) is 0 Å². The Bertz CT molecular complexity index is 767. The maximum absolute atomic E-state index is 12.5. The Balaban J connectivity index is 1.42. The summed E-state index contributed by atoms with van der Waals surface area (Å²) in [5, 5.41) is 0. The molecular weight excluding hydrogens is 306 g/mol. The first kappa shape index (κ1) is 14.0. The Kier molecular flexibility index (Phi) is 2.97. The van der Waals surface area contributed by atoms with Gasteiger partial charge in [-0.3, -0.25) is 9.88 Å². The highest BCUT2D eigenvalue weighted by molar-refractivity contribution is 5.89. The van der Waals surface area contributed by atoms with E-state index in [1.807, 2.05) is 18.2 Å². The zero-order chi connectivity index (χ0) is 16.1. The molecule has 0 aliphatic carbocycles. The number of aromatic nitrogens is 1. The molecule has 6 heterocycles. The largest absolute Gasteiger partial charge is 0.448 e. The minimum atomic E-state index is -0.364. The number of rotatable bonds is 2. The van der Waals surface area contributed by atoms with Crippen LogP contribution in [0.15, 0.2) is 41.3 Å². The molecule has 24 heavy (non-hydrogen) atoms. The topological polar surface area (TPSA) is 58.8 Å². The third kappa shape index (κ3) is 2.06. The van der Waals surface area contributed by atoms with Gasteiger partial charge in [0.1, 0.15) is 11.9 Å². The van der Waals surface area contributed by atoms with Gasteiger partial charge in [0.15, 0.2) is 0 Å². The van der Waals surface area contributed by atoms with E-state index in [9.17, 15) is 4.79 Å². The molecule has 4 aliphatic rings. The molecule has 6 rings (SSSR count). The van der Waals surface area contributed by atoms with E-state index in [0.717, 1.165) is 43.6 Å². The number of carbonyl (C=O) groups excluding carboxylic acids is 1. The number of ether oxygens (including phenoxy) is 1. The van der Waals surface area contributed by atoms with E-state index in [1.165, 1.54) is 0 Å². The summed E-state index contributed by atoms with van der Waals surface area (Å²) in [6.45, 7) is 3.67. The van der Waals surface area contributed by atoms with Gasteiger partial charge in [0.25, 0.3) is 0 Å². The van der Waals surface area contributed by atoms with E-state index in [4.69, 9.17) is 9.15 Å². The van der Waals surface area contributed by atoms with Crippen molar-refractivity contribution in [2.75, 3.05) is 31.1 Å². The monoisotopic (exact) mass is 325 g/mol. The molecule has 2 bridgehead atoms. The molecule has 1 amide bonds. The van der Waals surface area contributed by atoms with Gasteiger partial charge in [0, 0.05) is 36.5 Å². The van der Waals surface area contributed by atoms with Gasteiger partial charge >= 0.3 is 6.09 Å². The van der Waals surface area contributed by atoms with Crippen LogP contribution in [-0.2, 0) is 4.74 Å². The van der Waals surface area contributed by atoms with Crippen LogP contribution < -0.4 is 4.90 Å². The highest BCUT2D eigenvalue weighted by Gasteiger charge is 2.56. The molecular formula is C18H19N3O3. The predicted molar refractivity (Wildman–Crippen MR) is 87.7 cm³/mol. The summed E-state index contributed by atoms with van der Waals surface area (Å²) in [5.74, 6) is 1.02. The van der Waals surface area contributed by atoms with Crippen LogP contribution in [0.5, 0.6) is 0 Å². The second-order valence-corrected chi connectivity index (χ2v) is 6.98. The number of anilines is 1. The van der Waals surface area contributed by atoms with Crippen molar-refractivity contribution in [2.24, 2.45) is 5.92 Å². The summed E-state index contributed by atoms with van der Waals surface area (Å²) in [6.07, 6.45) is 7.10. The van der Waals surface area contributed by atoms with Crippen LogP contribution in [0.3, 0.4) is 0 Å². The minimum Gasteiger partial charge on any atom is -0.448 e. The third-order valence-electron chi connectivity index (χ3n) is 5.62. The molecule has 4 fully saturated rings. The molecule has 1 atom stereocenters. The molecule has 6 nitrogen and oxygen atoms in total. The van der Waals surface area contributed by atoms with Crippen LogP contribution in [0, 0.1) is 5.92 Å². The zero-order valence-corrected chi connectivity index (χ0v) is 13.4. The fourth-order valence-corrected chi connectivity index (χ4v) is 4.34. The van der Waals surface area contributed by atoms with Crippen LogP contribution in [0.4, 0.5) is 10.7 Å². The number of hydrogen-bond acceptors (Lipinski definition) is 5. The van der Waals surface area contributed by atoms with Gasteiger partial charge in [-0.25, -0.2) is 9.69 Å². The SMILES string of the molecule is O=C1OC2(CN3CCC2CC3)CN1c1cc(-c2ccncc2)co1. The standard InChI is InChI=1S/C18H19N3O3/c22-17-21(12-18(24-17)11-20-7-3-15(18)4-8-20)16-9-14(10-23-16)13-1-5-19-6-2-13/h1-2,5-6,9-10,15H,3-4,7-8,11-12H2. The van der Waals surface area contributed by atoms with Gasteiger partial charge < -0.3 is 9.15 Å². The number of piperidine rings is 3. The summed E-state index contributed by atoms with van der Waals surface area (Å²) in [5.41, 5.74) is 1.59. The quantitative estimate of drug-likeness (QED) is 0.850. The van der Waals surface area contributed by atoms with Crippen molar-refractivity contribution in [3.8, 4) is 11.1 Å².